The highest BCUT2D eigenvalue weighted by molar-refractivity contribution is 7.90. The van der Waals surface area contributed by atoms with Gasteiger partial charge in [0.1, 0.15) is 15.6 Å². The van der Waals surface area contributed by atoms with Gasteiger partial charge in [-0.15, -0.1) is 0 Å². The van der Waals surface area contributed by atoms with E-state index in [2.05, 4.69) is 0 Å². The van der Waals surface area contributed by atoms with E-state index < -0.39 is 15.9 Å². The monoisotopic (exact) mass is 258 g/mol. The second kappa shape index (κ2) is 6.02. The van der Waals surface area contributed by atoms with E-state index >= 15 is 0 Å². The van der Waals surface area contributed by atoms with Crippen molar-refractivity contribution in [2.75, 3.05) is 18.6 Å². The lowest BCUT2D eigenvalue weighted by Gasteiger charge is -2.10. The Morgan fingerprint density at radius 3 is 2.35 bits per heavy atom. The van der Waals surface area contributed by atoms with E-state index in [1.54, 1.807) is 24.3 Å². The molecule has 0 amide bonds. The highest BCUT2D eigenvalue weighted by Gasteiger charge is 2.14. The van der Waals surface area contributed by atoms with Crippen LogP contribution >= 0.6 is 0 Å². The zero-order chi connectivity index (χ0) is 12.9. The average molecular weight is 258 g/mol. The van der Waals surface area contributed by atoms with Gasteiger partial charge < -0.3 is 9.84 Å². The smallest absolute Gasteiger partial charge is 0.150 e. The largest absolute Gasteiger partial charge is 0.494 e. The van der Waals surface area contributed by atoms with Crippen LogP contribution in [0, 0.1) is 0 Å². The normalized spacial score (nSPS) is 13.4. The standard InChI is InChI=1S/C12H18O4S/c1-3-8-16-11-6-4-10(5-7-11)12(13)9-17(2,14)15/h4-7,12-13H,3,8-9H2,1-2H3. The summed E-state index contributed by atoms with van der Waals surface area (Å²) in [5.74, 6) is 0.462. The highest BCUT2D eigenvalue weighted by atomic mass is 32.2. The first-order valence-corrected chi connectivity index (χ1v) is 7.57. The Bertz CT molecular complexity index is 436. The predicted octanol–water partition coefficient (Wildman–Crippen LogP) is 1.55. The molecule has 0 radical (unpaired) electrons. The first-order chi connectivity index (χ1) is 7.92. The molecular formula is C12H18O4S. The summed E-state index contributed by atoms with van der Waals surface area (Å²) < 4.78 is 27.5. The Labute approximate surface area is 102 Å². The van der Waals surface area contributed by atoms with Crippen molar-refractivity contribution >= 4 is 9.84 Å². The van der Waals surface area contributed by atoms with E-state index in [1.165, 1.54) is 0 Å². The number of aliphatic hydroxyl groups excluding tert-OH is 1. The highest BCUT2D eigenvalue weighted by Crippen LogP contribution is 2.19. The van der Waals surface area contributed by atoms with Gasteiger partial charge in [0.05, 0.1) is 18.5 Å². The van der Waals surface area contributed by atoms with Crippen molar-refractivity contribution in [1.82, 2.24) is 0 Å². The fraction of sp³-hybridized carbons (Fsp3) is 0.500. The lowest BCUT2D eigenvalue weighted by Crippen LogP contribution is -2.12. The molecule has 1 aromatic carbocycles. The summed E-state index contributed by atoms with van der Waals surface area (Å²) in [6.45, 7) is 2.66. The summed E-state index contributed by atoms with van der Waals surface area (Å²) in [6, 6.07) is 6.83. The van der Waals surface area contributed by atoms with Crippen LogP contribution in [0.15, 0.2) is 24.3 Å². The van der Waals surface area contributed by atoms with Gasteiger partial charge in [-0.25, -0.2) is 8.42 Å². The van der Waals surface area contributed by atoms with Gasteiger partial charge in [0.15, 0.2) is 0 Å². The SMILES string of the molecule is CCCOc1ccc(C(O)CS(C)(=O)=O)cc1. The molecule has 0 saturated carbocycles. The Hall–Kier alpha value is -1.07. The Kier molecular flexibility index (Phi) is 4.96. The van der Waals surface area contributed by atoms with E-state index in [1.807, 2.05) is 6.92 Å². The molecule has 4 nitrogen and oxygen atoms in total. The molecule has 0 aliphatic rings. The fourth-order valence-electron chi connectivity index (χ4n) is 1.39. The summed E-state index contributed by atoms with van der Waals surface area (Å²) in [4.78, 5) is 0. The molecule has 0 spiro atoms. The number of hydrogen-bond donors (Lipinski definition) is 1. The summed E-state index contributed by atoms with van der Waals surface area (Å²) in [7, 11) is -3.18. The lowest BCUT2D eigenvalue weighted by molar-refractivity contribution is 0.201. The van der Waals surface area contributed by atoms with Crippen LogP contribution in [0.4, 0.5) is 0 Å². The minimum atomic E-state index is -3.18. The van der Waals surface area contributed by atoms with Crippen molar-refractivity contribution in [3.63, 3.8) is 0 Å². The lowest BCUT2D eigenvalue weighted by atomic mass is 10.1. The second-order valence-electron chi connectivity index (χ2n) is 4.03. The van der Waals surface area contributed by atoms with Crippen molar-refractivity contribution in [3.8, 4) is 5.75 Å². The number of ether oxygens (including phenoxy) is 1. The topological polar surface area (TPSA) is 63.6 Å². The maximum atomic E-state index is 11.0. The van der Waals surface area contributed by atoms with Crippen LogP contribution in [-0.4, -0.2) is 32.1 Å². The maximum absolute atomic E-state index is 11.0. The molecule has 0 bridgehead atoms. The fourth-order valence-corrected chi connectivity index (χ4v) is 2.16. The van der Waals surface area contributed by atoms with Gasteiger partial charge in [-0.3, -0.25) is 0 Å². The van der Waals surface area contributed by atoms with Crippen molar-refractivity contribution in [2.24, 2.45) is 0 Å². The maximum Gasteiger partial charge on any atom is 0.150 e. The van der Waals surface area contributed by atoms with E-state index in [0.29, 0.717) is 12.2 Å². The molecule has 1 unspecified atom stereocenters. The molecule has 1 N–H and O–H groups in total. The second-order valence-corrected chi connectivity index (χ2v) is 6.21. The number of benzene rings is 1. The zero-order valence-electron chi connectivity index (χ0n) is 10.1. The third-order valence-electron chi connectivity index (χ3n) is 2.20. The van der Waals surface area contributed by atoms with E-state index in [-0.39, 0.29) is 5.75 Å². The van der Waals surface area contributed by atoms with Gasteiger partial charge in [-0.2, -0.15) is 0 Å². The van der Waals surface area contributed by atoms with Gasteiger partial charge in [0, 0.05) is 6.26 Å². The Morgan fingerprint density at radius 1 is 1.29 bits per heavy atom. The molecule has 17 heavy (non-hydrogen) atoms. The van der Waals surface area contributed by atoms with Gasteiger partial charge in [-0.1, -0.05) is 19.1 Å². The van der Waals surface area contributed by atoms with Gasteiger partial charge >= 0.3 is 0 Å². The molecule has 0 saturated heterocycles. The Morgan fingerprint density at radius 2 is 1.88 bits per heavy atom. The first kappa shape index (κ1) is 14.0. The van der Waals surface area contributed by atoms with Gasteiger partial charge in [0.2, 0.25) is 0 Å². The van der Waals surface area contributed by atoms with Crippen molar-refractivity contribution in [2.45, 2.75) is 19.4 Å². The number of aliphatic hydroxyl groups is 1. The van der Waals surface area contributed by atoms with Crippen LogP contribution in [-0.2, 0) is 9.84 Å². The number of rotatable bonds is 6. The van der Waals surface area contributed by atoms with Crippen molar-refractivity contribution in [3.05, 3.63) is 29.8 Å². The third-order valence-corrected chi connectivity index (χ3v) is 3.12. The van der Waals surface area contributed by atoms with Crippen LogP contribution in [0.5, 0.6) is 5.75 Å². The summed E-state index contributed by atoms with van der Waals surface area (Å²) in [5, 5.41) is 9.70. The first-order valence-electron chi connectivity index (χ1n) is 5.51. The summed E-state index contributed by atoms with van der Waals surface area (Å²) in [6.07, 6.45) is 1.05. The molecule has 1 rings (SSSR count). The summed E-state index contributed by atoms with van der Waals surface area (Å²) >= 11 is 0. The van der Waals surface area contributed by atoms with E-state index in [0.717, 1.165) is 18.4 Å². The van der Waals surface area contributed by atoms with E-state index in [9.17, 15) is 13.5 Å². The molecular weight excluding hydrogens is 240 g/mol. The van der Waals surface area contributed by atoms with Crippen molar-refractivity contribution in [1.29, 1.82) is 0 Å². The summed E-state index contributed by atoms with van der Waals surface area (Å²) in [5.41, 5.74) is 0.583. The zero-order valence-corrected chi connectivity index (χ0v) is 10.9. The van der Waals surface area contributed by atoms with E-state index in [4.69, 9.17) is 4.74 Å². The van der Waals surface area contributed by atoms with Crippen LogP contribution in [0.3, 0.4) is 0 Å². The predicted molar refractivity (Wildman–Crippen MR) is 66.9 cm³/mol. The molecule has 0 heterocycles. The average Bonchev–Trinajstić information content (AvgIpc) is 2.24. The minimum Gasteiger partial charge on any atom is -0.494 e. The van der Waals surface area contributed by atoms with Crippen LogP contribution in [0.2, 0.25) is 0 Å². The van der Waals surface area contributed by atoms with Gasteiger partial charge in [0.25, 0.3) is 0 Å². The molecule has 96 valence electrons. The molecule has 0 aromatic heterocycles. The van der Waals surface area contributed by atoms with Crippen LogP contribution < -0.4 is 4.74 Å². The molecule has 1 aromatic rings. The molecule has 1 atom stereocenters. The van der Waals surface area contributed by atoms with Crippen LogP contribution in [0.25, 0.3) is 0 Å². The number of hydrogen-bond acceptors (Lipinski definition) is 4. The molecule has 0 aliphatic heterocycles. The number of sulfone groups is 1. The van der Waals surface area contributed by atoms with Gasteiger partial charge in [-0.05, 0) is 24.1 Å². The van der Waals surface area contributed by atoms with Crippen molar-refractivity contribution < 1.29 is 18.3 Å². The molecule has 5 heteroatoms. The molecule has 0 fully saturated rings. The Balaban J connectivity index is 2.67. The third kappa shape index (κ3) is 5.19. The quantitative estimate of drug-likeness (QED) is 0.841. The van der Waals surface area contributed by atoms with Crippen LogP contribution in [0.1, 0.15) is 25.0 Å². The molecule has 0 aliphatic carbocycles. The minimum absolute atomic E-state index is 0.262.